The molecular weight excluding hydrogens is 425 g/mol. The van der Waals surface area contributed by atoms with E-state index >= 15 is 0 Å². The summed E-state index contributed by atoms with van der Waals surface area (Å²) in [6.45, 7) is 1.70. The summed E-state index contributed by atoms with van der Waals surface area (Å²) >= 11 is 1.36. The van der Waals surface area contributed by atoms with Crippen LogP contribution in [-0.2, 0) is 6.18 Å². The molecule has 0 saturated heterocycles. The van der Waals surface area contributed by atoms with Crippen molar-refractivity contribution in [1.82, 2.24) is 9.97 Å². The first-order valence-corrected chi connectivity index (χ1v) is 10.1. The summed E-state index contributed by atoms with van der Waals surface area (Å²) in [6, 6.07) is 14.4. The Morgan fingerprint density at radius 3 is 2.35 bits per heavy atom. The molecule has 0 aliphatic rings. The van der Waals surface area contributed by atoms with E-state index in [0.717, 1.165) is 6.07 Å². The number of hydrogen-bond acceptors (Lipinski definition) is 4. The highest BCUT2D eigenvalue weighted by Crippen LogP contribution is 2.33. The van der Waals surface area contributed by atoms with Crippen LogP contribution in [0, 0.1) is 6.92 Å². The molecule has 0 fully saturated rings. The van der Waals surface area contributed by atoms with Gasteiger partial charge in [-0.15, -0.1) is 0 Å². The minimum atomic E-state index is -4.62. The monoisotopic (exact) mass is 440 g/mol. The van der Waals surface area contributed by atoms with Crippen molar-refractivity contribution in [3.05, 3.63) is 82.2 Å². The van der Waals surface area contributed by atoms with E-state index in [0.29, 0.717) is 27.8 Å². The predicted octanol–water partition coefficient (Wildman–Crippen LogP) is 6.56. The lowest BCUT2D eigenvalue weighted by Crippen LogP contribution is -2.10. The maximum Gasteiger partial charge on any atom is 0.433 e. The van der Waals surface area contributed by atoms with Crippen molar-refractivity contribution in [3.63, 3.8) is 0 Å². The highest BCUT2D eigenvalue weighted by molar-refractivity contribution is 7.08. The molecule has 8 heteroatoms. The Balaban J connectivity index is 1.84. The van der Waals surface area contributed by atoms with Gasteiger partial charge in [0.25, 0.3) is 0 Å². The summed E-state index contributed by atoms with van der Waals surface area (Å²) in [5, 5.41) is 12.9. The lowest BCUT2D eigenvalue weighted by atomic mass is 9.98. The quantitative estimate of drug-likeness (QED) is 0.390. The maximum atomic E-state index is 13.5. The largest absolute Gasteiger partial charge is 0.478 e. The van der Waals surface area contributed by atoms with Crippen LogP contribution in [0.4, 0.5) is 13.2 Å². The van der Waals surface area contributed by atoms with Gasteiger partial charge in [-0.05, 0) is 53.3 Å². The van der Waals surface area contributed by atoms with Gasteiger partial charge < -0.3 is 5.11 Å². The lowest BCUT2D eigenvalue weighted by molar-refractivity contribution is -0.141. The van der Waals surface area contributed by atoms with Crippen molar-refractivity contribution in [2.75, 3.05) is 0 Å². The van der Waals surface area contributed by atoms with Gasteiger partial charge in [0, 0.05) is 16.5 Å². The molecule has 4 rings (SSSR count). The van der Waals surface area contributed by atoms with E-state index in [2.05, 4.69) is 9.97 Å². The van der Waals surface area contributed by atoms with Crippen LogP contribution in [0.3, 0.4) is 0 Å². The van der Waals surface area contributed by atoms with E-state index in [1.807, 2.05) is 0 Å². The zero-order chi connectivity index (χ0) is 22.2. The zero-order valence-electron chi connectivity index (χ0n) is 16.1. The number of carboxylic acids is 1. The third-order valence-corrected chi connectivity index (χ3v) is 5.44. The third-order valence-electron chi connectivity index (χ3n) is 4.76. The maximum absolute atomic E-state index is 13.5. The van der Waals surface area contributed by atoms with Crippen LogP contribution in [0.15, 0.2) is 65.4 Å². The van der Waals surface area contributed by atoms with Crippen molar-refractivity contribution in [1.29, 1.82) is 0 Å². The molecule has 0 unspecified atom stereocenters. The van der Waals surface area contributed by atoms with Crippen LogP contribution < -0.4 is 0 Å². The molecule has 31 heavy (non-hydrogen) atoms. The fourth-order valence-electron chi connectivity index (χ4n) is 3.15. The Bertz CT molecular complexity index is 1270. The van der Waals surface area contributed by atoms with Gasteiger partial charge in [-0.1, -0.05) is 30.3 Å². The number of aromatic carboxylic acids is 1. The fraction of sp³-hybridized carbons (Fsp3) is 0.0870. The summed E-state index contributed by atoms with van der Waals surface area (Å²) < 4.78 is 40.4. The molecule has 2 aromatic heterocycles. The predicted molar refractivity (Wildman–Crippen MR) is 113 cm³/mol. The molecule has 0 aliphatic carbocycles. The fourth-order valence-corrected chi connectivity index (χ4v) is 3.80. The van der Waals surface area contributed by atoms with E-state index in [-0.39, 0.29) is 17.1 Å². The molecule has 156 valence electrons. The highest BCUT2D eigenvalue weighted by atomic mass is 32.1. The van der Waals surface area contributed by atoms with Crippen molar-refractivity contribution in [3.8, 4) is 33.8 Å². The highest BCUT2D eigenvalue weighted by Gasteiger charge is 2.34. The number of carbonyl (C=O) groups is 1. The molecule has 2 aromatic carbocycles. The number of rotatable bonds is 4. The van der Waals surface area contributed by atoms with Gasteiger partial charge in [0.1, 0.15) is 5.69 Å². The van der Waals surface area contributed by atoms with Crippen molar-refractivity contribution in [2.45, 2.75) is 13.1 Å². The molecule has 0 amide bonds. The van der Waals surface area contributed by atoms with Crippen LogP contribution in [0.1, 0.15) is 21.6 Å². The van der Waals surface area contributed by atoms with Crippen LogP contribution in [-0.4, -0.2) is 21.0 Å². The van der Waals surface area contributed by atoms with Crippen LogP contribution >= 0.6 is 11.3 Å². The average Bonchev–Trinajstić information content (AvgIpc) is 3.28. The van der Waals surface area contributed by atoms with E-state index in [1.165, 1.54) is 11.3 Å². The summed E-state index contributed by atoms with van der Waals surface area (Å²) in [5.41, 5.74) is 2.22. The Morgan fingerprint density at radius 1 is 0.935 bits per heavy atom. The first kappa shape index (κ1) is 20.7. The first-order valence-electron chi connectivity index (χ1n) is 9.16. The van der Waals surface area contributed by atoms with E-state index < -0.39 is 17.8 Å². The number of aromatic nitrogens is 2. The standard InChI is InChI=1S/C23H15F3N2O2S/c1-13-5-6-15(10-18(13)22(29)30)14-3-2-4-16(9-14)21-27-19(17-7-8-31-12-17)11-20(28-21)23(24,25)26/h2-12H,1H3,(H,29,30). The molecule has 4 aromatic rings. The van der Waals surface area contributed by atoms with Gasteiger partial charge in [-0.3, -0.25) is 0 Å². The molecule has 1 N–H and O–H groups in total. The van der Waals surface area contributed by atoms with E-state index in [1.54, 1.807) is 66.2 Å². The van der Waals surface area contributed by atoms with Gasteiger partial charge >= 0.3 is 12.1 Å². The van der Waals surface area contributed by atoms with E-state index in [4.69, 9.17) is 0 Å². The van der Waals surface area contributed by atoms with Gasteiger partial charge in [0.15, 0.2) is 5.82 Å². The molecule has 0 atom stereocenters. The lowest BCUT2D eigenvalue weighted by Gasteiger charge is -2.11. The summed E-state index contributed by atoms with van der Waals surface area (Å²) in [5.74, 6) is -1.10. The van der Waals surface area contributed by atoms with Crippen molar-refractivity contribution >= 4 is 17.3 Å². The molecule has 0 radical (unpaired) electrons. The summed E-state index contributed by atoms with van der Waals surface area (Å²) in [6.07, 6.45) is -4.62. The number of benzene rings is 2. The Hall–Kier alpha value is -3.52. The minimum absolute atomic E-state index is 0.0524. The van der Waals surface area contributed by atoms with Crippen LogP contribution in [0.2, 0.25) is 0 Å². The van der Waals surface area contributed by atoms with Crippen molar-refractivity contribution < 1.29 is 23.1 Å². The van der Waals surface area contributed by atoms with Crippen LogP contribution in [0.5, 0.6) is 0 Å². The number of alkyl halides is 3. The summed E-state index contributed by atoms with van der Waals surface area (Å²) in [4.78, 5) is 19.6. The second-order valence-corrected chi connectivity index (χ2v) is 7.67. The minimum Gasteiger partial charge on any atom is -0.478 e. The smallest absolute Gasteiger partial charge is 0.433 e. The van der Waals surface area contributed by atoms with Gasteiger partial charge in [0.05, 0.1) is 11.3 Å². The number of nitrogens with zero attached hydrogens (tertiary/aromatic N) is 2. The van der Waals surface area contributed by atoms with E-state index in [9.17, 15) is 23.1 Å². The Kier molecular flexibility index (Phi) is 5.32. The molecule has 0 saturated carbocycles. The van der Waals surface area contributed by atoms with Crippen LogP contribution in [0.25, 0.3) is 33.8 Å². The second kappa shape index (κ2) is 7.96. The van der Waals surface area contributed by atoms with Gasteiger partial charge in [0.2, 0.25) is 0 Å². The first-order chi connectivity index (χ1) is 14.7. The molecule has 4 nitrogen and oxygen atoms in total. The normalized spacial score (nSPS) is 11.5. The third kappa shape index (κ3) is 4.34. The molecular formula is C23H15F3N2O2S. The van der Waals surface area contributed by atoms with Gasteiger partial charge in [-0.25, -0.2) is 14.8 Å². The number of halogens is 3. The second-order valence-electron chi connectivity index (χ2n) is 6.89. The Morgan fingerprint density at radius 2 is 1.68 bits per heavy atom. The Labute approximate surface area is 179 Å². The summed E-state index contributed by atoms with van der Waals surface area (Å²) in [7, 11) is 0. The number of aryl methyl sites for hydroxylation is 1. The molecule has 0 spiro atoms. The SMILES string of the molecule is Cc1ccc(-c2cccc(-c3nc(-c4ccsc4)cc(C(F)(F)F)n3)c2)cc1C(=O)O. The zero-order valence-corrected chi connectivity index (χ0v) is 17.0. The molecule has 0 aliphatic heterocycles. The van der Waals surface area contributed by atoms with Gasteiger partial charge in [-0.2, -0.15) is 24.5 Å². The number of thiophene rings is 1. The van der Waals surface area contributed by atoms with Crippen molar-refractivity contribution in [2.24, 2.45) is 0 Å². The molecule has 2 heterocycles. The number of carboxylic acid groups (broad SMARTS) is 1. The number of hydrogen-bond donors (Lipinski definition) is 1. The molecule has 0 bridgehead atoms. The topological polar surface area (TPSA) is 63.1 Å². The average molecular weight is 440 g/mol.